The Bertz CT molecular complexity index is 1640. The van der Waals surface area contributed by atoms with Gasteiger partial charge in [-0.25, -0.2) is 4.98 Å². The van der Waals surface area contributed by atoms with Gasteiger partial charge in [-0.2, -0.15) is 5.01 Å². The molecular formula is C34H40N6O3. The summed E-state index contributed by atoms with van der Waals surface area (Å²) in [7, 11) is 1.72. The number of aryl methyl sites for hydroxylation is 1. The number of amides is 1. The molecule has 0 radical (unpaired) electrons. The molecule has 3 aromatic carbocycles. The molecule has 4 aromatic rings. The highest BCUT2D eigenvalue weighted by Crippen LogP contribution is 2.32. The molecule has 0 saturated carbocycles. The summed E-state index contributed by atoms with van der Waals surface area (Å²) < 4.78 is 7.20. The van der Waals surface area contributed by atoms with Crippen LogP contribution in [-0.2, 0) is 17.2 Å². The number of carbonyl (C=O) groups is 1. The molecule has 1 aliphatic rings. The van der Waals surface area contributed by atoms with Gasteiger partial charge in [0.15, 0.2) is 0 Å². The van der Waals surface area contributed by atoms with Gasteiger partial charge in [0.1, 0.15) is 12.9 Å². The minimum atomic E-state index is -0.336. The second-order valence-electron chi connectivity index (χ2n) is 12.0. The van der Waals surface area contributed by atoms with Crippen molar-refractivity contribution in [2.45, 2.75) is 52.1 Å². The summed E-state index contributed by atoms with van der Waals surface area (Å²) in [4.78, 5) is 33.7. The molecule has 0 bridgehead atoms. The average Bonchev–Trinajstić information content (AvgIpc) is 3.20. The summed E-state index contributed by atoms with van der Waals surface area (Å²) in [5, 5.41) is 4.68. The number of anilines is 3. The Labute approximate surface area is 252 Å². The molecule has 9 nitrogen and oxygen atoms in total. The van der Waals surface area contributed by atoms with Crippen LogP contribution in [0.15, 0.2) is 83.8 Å². The molecule has 224 valence electrons. The Morgan fingerprint density at radius 3 is 2.47 bits per heavy atom. The first-order valence-corrected chi connectivity index (χ1v) is 14.6. The average molecular weight is 581 g/mol. The number of benzene rings is 3. The van der Waals surface area contributed by atoms with Crippen LogP contribution in [-0.4, -0.2) is 40.0 Å². The van der Waals surface area contributed by atoms with Crippen LogP contribution < -0.4 is 21.6 Å². The molecule has 0 aliphatic carbocycles. The van der Waals surface area contributed by atoms with E-state index in [1.807, 2.05) is 84.6 Å². The molecule has 5 rings (SSSR count). The minimum absolute atomic E-state index is 0.00404. The van der Waals surface area contributed by atoms with E-state index in [1.54, 1.807) is 22.8 Å². The monoisotopic (exact) mass is 580 g/mol. The Morgan fingerprint density at radius 2 is 1.77 bits per heavy atom. The van der Waals surface area contributed by atoms with Crippen LogP contribution in [0.5, 0.6) is 0 Å². The molecule has 43 heavy (non-hydrogen) atoms. The molecule has 1 aliphatic heterocycles. The maximum Gasteiger partial charge on any atom is 0.293 e. The van der Waals surface area contributed by atoms with Gasteiger partial charge < -0.3 is 19.5 Å². The third kappa shape index (κ3) is 6.54. The molecule has 1 aromatic heterocycles. The Morgan fingerprint density at radius 1 is 1.05 bits per heavy atom. The normalized spacial score (nSPS) is 16.0. The Hall–Kier alpha value is -4.31. The number of hydrogen-bond donors (Lipinski definition) is 2. The van der Waals surface area contributed by atoms with Crippen LogP contribution in [0.2, 0.25) is 0 Å². The van der Waals surface area contributed by atoms with Gasteiger partial charge in [-0.15, -0.1) is 0 Å². The number of para-hydroxylation sites is 1. The van der Waals surface area contributed by atoms with Gasteiger partial charge in [-0.3, -0.25) is 15.4 Å². The zero-order chi connectivity index (χ0) is 30.7. The van der Waals surface area contributed by atoms with Crippen LogP contribution >= 0.6 is 0 Å². The van der Waals surface area contributed by atoms with Gasteiger partial charge in [0.05, 0.1) is 5.69 Å². The summed E-state index contributed by atoms with van der Waals surface area (Å²) in [6, 6.07) is 23.1. The smallest absolute Gasteiger partial charge is 0.293 e. The Balaban J connectivity index is 1.53. The third-order valence-electron chi connectivity index (χ3n) is 7.86. The van der Waals surface area contributed by atoms with E-state index < -0.39 is 0 Å². The SMILES string of the molecule is Cc1c(NC(=O)c2ccc(C(C)(C)C)cc2)cccc1-c1cn(C)c(=O)c(N(c2ccccc2)C2CCCOCN2N)n1. The Kier molecular flexibility index (Phi) is 8.77. The van der Waals surface area contributed by atoms with Crippen molar-refractivity contribution >= 4 is 23.1 Å². The zero-order valence-corrected chi connectivity index (χ0v) is 25.5. The number of nitrogens with two attached hydrogens (primary N) is 1. The molecule has 1 saturated heterocycles. The third-order valence-corrected chi connectivity index (χ3v) is 7.86. The van der Waals surface area contributed by atoms with Crippen LogP contribution in [0.25, 0.3) is 11.3 Å². The van der Waals surface area contributed by atoms with Gasteiger partial charge in [-0.05, 0) is 66.6 Å². The fourth-order valence-electron chi connectivity index (χ4n) is 5.33. The molecule has 1 atom stereocenters. The van der Waals surface area contributed by atoms with Gasteiger partial charge in [0.25, 0.3) is 11.5 Å². The summed E-state index contributed by atoms with van der Waals surface area (Å²) in [5.74, 6) is 6.52. The molecule has 1 unspecified atom stereocenters. The molecular weight excluding hydrogens is 540 g/mol. The summed E-state index contributed by atoms with van der Waals surface area (Å²) >= 11 is 0. The first-order chi connectivity index (χ1) is 20.5. The van der Waals surface area contributed by atoms with E-state index in [1.165, 1.54) is 0 Å². The summed E-state index contributed by atoms with van der Waals surface area (Å²) in [6.07, 6.45) is 2.88. The minimum Gasteiger partial charge on any atom is -0.365 e. The summed E-state index contributed by atoms with van der Waals surface area (Å²) in [5.41, 5.74) is 5.24. The maximum absolute atomic E-state index is 13.7. The fraction of sp³-hybridized carbons (Fsp3) is 0.324. The van der Waals surface area contributed by atoms with Crippen LogP contribution in [0, 0.1) is 6.92 Å². The predicted octanol–water partition coefficient (Wildman–Crippen LogP) is 5.71. The van der Waals surface area contributed by atoms with Crippen LogP contribution in [0.3, 0.4) is 0 Å². The van der Waals surface area contributed by atoms with Crippen LogP contribution in [0.1, 0.15) is 55.1 Å². The standard InChI is InChI=1S/C34H40N6O3/c1-23-27(13-9-14-28(23)37-32(41)24-16-18-25(19-17-24)34(2,3)4)29-21-38(5)33(42)31(36-29)40(26-11-7-6-8-12-26)30-15-10-20-43-22-39(30)35/h6-9,11-14,16-19,21,30H,10,15,20,22,35H2,1-5H3,(H,37,41). The first-order valence-electron chi connectivity index (χ1n) is 14.6. The lowest BCUT2D eigenvalue weighted by molar-refractivity contribution is 0.0302. The predicted molar refractivity (Wildman–Crippen MR) is 171 cm³/mol. The quantitative estimate of drug-likeness (QED) is 0.281. The fourth-order valence-corrected chi connectivity index (χ4v) is 5.33. The van der Waals surface area contributed by atoms with Gasteiger partial charge in [0.2, 0.25) is 5.82 Å². The number of aromatic nitrogens is 2. The van der Waals surface area contributed by atoms with E-state index in [0.29, 0.717) is 30.0 Å². The van der Waals surface area contributed by atoms with Crippen molar-refractivity contribution in [1.29, 1.82) is 0 Å². The molecule has 9 heteroatoms. The van der Waals surface area contributed by atoms with E-state index in [0.717, 1.165) is 28.8 Å². The maximum atomic E-state index is 13.7. The number of carbonyl (C=O) groups excluding carboxylic acids is 1. The lowest BCUT2D eigenvalue weighted by Gasteiger charge is -2.36. The van der Waals surface area contributed by atoms with Gasteiger partial charge in [-0.1, -0.05) is 63.2 Å². The van der Waals surface area contributed by atoms with E-state index in [-0.39, 0.29) is 35.6 Å². The van der Waals surface area contributed by atoms with E-state index in [4.69, 9.17) is 15.6 Å². The van der Waals surface area contributed by atoms with E-state index in [2.05, 4.69) is 26.1 Å². The topological polar surface area (TPSA) is 106 Å². The van der Waals surface area contributed by atoms with Crippen molar-refractivity contribution in [1.82, 2.24) is 14.6 Å². The van der Waals surface area contributed by atoms with Crippen molar-refractivity contribution in [3.63, 3.8) is 0 Å². The zero-order valence-electron chi connectivity index (χ0n) is 25.5. The number of hydrogen-bond acceptors (Lipinski definition) is 7. The van der Waals surface area contributed by atoms with E-state index >= 15 is 0 Å². The second-order valence-corrected chi connectivity index (χ2v) is 12.0. The number of rotatable bonds is 6. The first kappa shape index (κ1) is 30.2. The van der Waals surface area contributed by atoms with Gasteiger partial charge in [0, 0.05) is 42.4 Å². The summed E-state index contributed by atoms with van der Waals surface area (Å²) in [6.45, 7) is 9.22. The number of nitrogens with one attached hydrogen (secondary N) is 1. The lowest BCUT2D eigenvalue weighted by Crippen LogP contribution is -2.51. The molecule has 2 heterocycles. The number of hydrazine groups is 1. The van der Waals surface area contributed by atoms with Gasteiger partial charge >= 0.3 is 0 Å². The van der Waals surface area contributed by atoms with Crippen molar-refractivity contribution in [3.05, 3.63) is 106 Å². The van der Waals surface area contributed by atoms with Crippen molar-refractivity contribution < 1.29 is 9.53 Å². The lowest BCUT2D eigenvalue weighted by atomic mass is 9.86. The van der Waals surface area contributed by atoms with E-state index in [9.17, 15) is 9.59 Å². The number of nitrogens with zero attached hydrogens (tertiary/aromatic N) is 4. The molecule has 1 fully saturated rings. The highest BCUT2D eigenvalue weighted by atomic mass is 16.5. The van der Waals surface area contributed by atoms with Crippen LogP contribution in [0.4, 0.5) is 17.2 Å². The molecule has 0 spiro atoms. The molecule has 3 N–H and O–H groups in total. The second kappa shape index (κ2) is 12.5. The molecule has 1 amide bonds. The van der Waals surface area contributed by atoms with Crippen molar-refractivity contribution in [2.24, 2.45) is 12.9 Å². The van der Waals surface area contributed by atoms with Crippen molar-refractivity contribution in [3.8, 4) is 11.3 Å². The highest BCUT2D eigenvalue weighted by Gasteiger charge is 2.30. The van der Waals surface area contributed by atoms with Crippen molar-refractivity contribution in [2.75, 3.05) is 23.6 Å². The largest absolute Gasteiger partial charge is 0.365 e. The highest BCUT2D eigenvalue weighted by molar-refractivity contribution is 6.05. The number of ether oxygens (including phenoxy) is 1.